The van der Waals surface area contributed by atoms with Crippen molar-refractivity contribution in [3.05, 3.63) is 58.6 Å². The molecule has 1 amide bonds. The highest BCUT2D eigenvalue weighted by Crippen LogP contribution is 2.30. The smallest absolute Gasteiger partial charge is 0.224 e. The number of rotatable bonds is 6. The summed E-state index contributed by atoms with van der Waals surface area (Å²) in [5, 5.41) is 13.5. The summed E-state index contributed by atoms with van der Waals surface area (Å²) in [6.45, 7) is 1.27. The molecule has 138 valence electrons. The first kappa shape index (κ1) is 18.7. The molecule has 1 aliphatic rings. The average molecular weight is 376 g/mol. The van der Waals surface area contributed by atoms with Gasteiger partial charge in [-0.05, 0) is 49.1 Å². The van der Waals surface area contributed by atoms with Crippen molar-refractivity contribution in [1.29, 1.82) is 0 Å². The number of carbonyl (C=O) groups is 1. The number of aryl methyl sites for hydroxylation is 1. The van der Waals surface area contributed by atoms with Crippen molar-refractivity contribution < 1.29 is 19.4 Å². The van der Waals surface area contributed by atoms with Gasteiger partial charge in [0, 0.05) is 17.0 Å². The van der Waals surface area contributed by atoms with Crippen molar-refractivity contribution >= 4 is 23.2 Å². The van der Waals surface area contributed by atoms with E-state index in [9.17, 15) is 9.90 Å². The van der Waals surface area contributed by atoms with Crippen LogP contribution in [-0.4, -0.2) is 24.2 Å². The first-order valence-corrected chi connectivity index (χ1v) is 9.10. The molecule has 0 aromatic heterocycles. The lowest BCUT2D eigenvalue weighted by molar-refractivity contribution is -0.183. The minimum Gasteiger partial charge on any atom is -0.506 e. The highest BCUT2D eigenvalue weighted by atomic mass is 35.5. The molecule has 1 fully saturated rings. The van der Waals surface area contributed by atoms with E-state index < -0.39 is 6.29 Å². The SMILES string of the molecule is O=C(CCCc1ccc(Cl)cc1)Nc1cc(C2OCCCO2)ccc1O. The van der Waals surface area contributed by atoms with Gasteiger partial charge in [0.2, 0.25) is 5.91 Å². The molecule has 6 heteroatoms. The van der Waals surface area contributed by atoms with Gasteiger partial charge in [-0.3, -0.25) is 4.79 Å². The van der Waals surface area contributed by atoms with Crippen LogP contribution in [-0.2, 0) is 20.7 Å². The van der Waals surface area contributed by atoms with E-state index in [0.29, 0.717) is 36.8 Å². The molecule has 1 heterocycles. The molecule has 2 aromatic rings. The number of anilines is 1. The molecule has 5 nitrogen and oxygen atoms in total. The number of hydrogen-bond acceptors (Lipinski definition) is 4. The van der Waals surface area contributed by atoms with E-state index in [1.54, 1.807) is 18.2 Å². The van der Waals surface area contributed by atoms with Gasteiger partial charge in [0.1, 0.15) is 5.75 Å². The van der Waals surface area contributed by atoms with Crippen LogP contribution in [0.5, 0.6) is 5.75 Å². The zero-order valence-corrected chi connectivity index (χ0v) is 15.2. The van der Waals surface area contributed by atoms with Crippen LogP contribution in [0.4, 0.5) is 5.69 Å². The van der Waals surface area contributed by atoms with Crippen molar-refractivity contribution in [3.63, 3.8) is 0 Å². The molecule has 0 saturated carbocycles. The standard InChI is InChI=1S/C20H22ClNO4/c21-16-8-5-14(6-9-16)3-1-4-19(24)22-17-13-15(7-10-18(17)23)20-25-11-2-12-26-20/h5-10,13,20,23H,1-4,11-12H2,(H,22,24). The van der Waals surface area contributed by atoms with Gasteiger partial charge in [0.25, 0.3) is 0 Å². The lowest BCUT2D eigenvalue weighted by atomic mass is 10.1. The van der Waals surface area contributed by atoms with E-state index in [0.717, 1.165) is 24.0 Å². The second-order valence-electron chi connectivity index (χ2n) is 6.23. The summed E-state index contributed by atoms with van der Waals surface area (Å²) in [4.78, 5) is 12.2. The molecule has 0 spiro atoms. The molecule has 2 aromatic carbocycles. The zero-order chi connectivity index (χ0) is 18.4. The maximum atomic E-state index is 12.2. The second kappa shape index (κ2) is 9.03. The average Bonchev–Trinajstić information content (AvgIpc) is 2.66. The van der Waals surface area contributed by atoms with Gasteiger partial charge in [-0.1, -0.05) is 29.8 Å². The molecule has 1 saturated heterocycles. The molecule has 3 rings (SSSR count). The number of phenols is 1. The highest BCUT2D eigenvalue weighted by molar-refractivity contribution is 6.30. The summed E-state index contributed by atoms with van der Waals surface area (Å²) in [5.41, 5.74) is 2.29. The summed E-state index contributed by atoms with van der Waals surface area (Å²) in [6, 6.07) is 12.6. The van der Waals surface area contributed by atoms with Crippen LogP contribution in [0.2, 0.25) is 5.02 Å². The van der Waals surface area contributed by atoms with Crippen LogP contribution in [0.1, 0.15) is 36.7 Å². The van der Waals surface area contributed by atoms with Crippen molar-refractivity contribution in [2.75, 3.05) is 18.5 Å². The van der Waals surface area contributed by atoms with Crippen LogP contribution in [0, 0.1) is 0 Å². The summed E-state index contributed by atoms with van der Waals surface area (Å²) < 4.78 is 11.1. The van der Waals surface area contributed by atoms with Crippen LogP contribution in [0.3, 0.4) is 0 Å². The monoisotopic (exact) mass is 375 g/mol. The van der Waals surface area contributed by atoms with E-state index in [1.807, 2.05) is 24.3 Å². The van der Waals surface area contributed by atoms with Gasteiger partial charge < -0.3 is 19.9 Å². The Labute approximate surface area is 157 Å². The fourth-order valence-corrected chi connectivity index (χ4v) is 2.92. The molecule has 0 radical (unpaired) electrons. The number of carbonyl (C=O) groups excluding carboxylic acids is 1. The minimum absolute atomic E-state index is 0.0237. The first-order chi connectivity index (χ1) is 12.6. The van der Waals surface area contributed by atoms with Crippen LogP contribution in [0.25, 0.3) is 0 Å². The first-order valence-electron chi connectivity index (χ1n) is 8.72. The highest BCUT2D eigenvalue weighted by Gasteiger charge is 2.18. The van der Waals surface area contributed by atoms with Gasteiger partial charge in [0.15, 0.2) is 6.29 Å². The fourth-order valence-electron chi connectivity index (χ4n) is 2.80. The molecule has 0 bridgehead atoms. The number of ether oxygens (including phenoxy) is 2. The Hall–Kier alpha value is -2.08. The van der Waals surface area contributed by atoms with Crippen molar-refractivity contribution in [3.8, 4) is 5.75 Å². The Morgan fingerprint density at radius 2 is 1.88 bits per heavy atom. The topological polar surface area (TPSA) is 67.8 Å². The van der Waals surface area contributed by atoms with Gasteiger partial charge in [-0.25, -0.2) is 0 Å². The lowest BCUT2D eigenvalue weighted by Crippen LogP contribution is -2.18. The van der Waals surface area contributed by atoms with Crippen LogP contribution in [0.15, 0.2) is 42.5 Å². The molecule has 0 aliphatic carbocycles. The van der Waals surface area contributed by atoms with Gasteiger partial charge >= 0.3 is 0 Å². The molecule has 2 N–H and O–H groups in total. The van der Waals surface area contributed by atoms with Gasteiger partial charge in [-0.2, -0.15) is 0 Å². The summed E-state index contributed by atoms with van der Waals surface area (Å²) in [7, 11) is 0. The Kier molecular flexibility index (Phi) is 6.50. The number of amides is 1. The number of halogens is 1. The zero-order valence-electron chi connectivity index (χ0n) is 14.4. The Bertz CT molecular complexity index is 742. The number of benzene rings is 2. The van der Waals surface area contributed by atoms with Gasteiger partial charge in [-0.15, -0.1) is 0 Å². The van der Waals surface area contributed by atoms with E-state index in [1.165, 1.54) is 0 Å². The van der Waals surface area contributed by atoms with E-state index in [-0.39, 0.29) is 11.7 Å². The molecular weight excluding hydrogens is 354 g/mol. The summed E-state index contributed by atoms with van der Waals surface area (Å²) >= 11 is 5.86. The molecule has 0 atom stereocenters. The van der Waals surface area contributed by atoms with Crippen molar-refractivity contribution in [1.82, 2.24) is 0 Å². The van der Waals surface area contributed by atoms with E-state index in [2.05, 4.69) is 5.32 Å². The number of phenolic OH excluding ortho intramolecular Hbond substituents is 1. The third-order valence-corrected chi connectivity index (χ3v) is 4.43. The van der Waals surface area contributed by atoms with E-state index >= 15 is 0 Å². The largest absolute Gasteiger partial charge is 0.506 e. The van der Waals surface area contributed by atoms with Gasteiger partial charge in [0.05, 0.1) is 18.9 Å². The lowest BCUT2D eigenvalue weighted by Gasteiger charge is -2.24. The van der Waals surface area contributed by atoms with Crippen molar-refractivity contribution in [2.45, 2.75) is 32.0 Å². The molecule has 0 unspecified atom stereocenters. The third kappa shape index (κ3) is 5.21. The number of aromatic hydroxyl groups is 1. The maximum absolute atomic E-state index is 12.2. The molecule has 1 aliphatic heterocycles. The minimum atomic E-state index is -0.454. The van der Waals surface area contributed by atoms with Crippen molar-refractivity contribution in [2.24, 2.45) is 0 Å². The Morgan fingerprint density at radius 3 is 2.62 bits per heavy atom. The maximum Gasteiger partial charge on any atom is 0.224 e. The van der Waals surface area contributed by atoms with E-state index in [4.69, 9.17) is 21.1 Å². The quantitative estimate of drug-likeness (QED) is 0.732. The van der Waals surface area contributed by atoms with Crippen LogP contribution >= 0.6 is 11.6 Å². The fraction of sp³-hybridized carbons (Fsp3) is 0.350. The number of nitrogens with one attached hydrogen (secondary N) is 1. The number of hydrogen-bond donors (Lipinski definition) is 2. The molecule has 26 heavy (non-hydrogen) atoms. The Balaban J connectivity index is 1.53. The summed E-state index contributed by atoms with van der Waals surface area (Å²) in [5.74, 6) is -0.118. The third-order valence-electron chi connectivity index (χ3n) is 4.18. The normalized spacial score (nSPS) is 15.0. The predicted molar refractivity (Wildman–Crippen MR) is 100 cm³/mol. The van der Waals surface area contributed by atoms with Crippen LogP contribution < -0.4 is 5.32 Å². The summed E-state index contributed by atoms with van der Waals surface area (Å²) in [6.07, 6.45) is 2.28. The Morgan fingerprint density at radius 1 is 1.15 bits per heavy atom. The second-order valence-corrected chi connectivity index (χ2v) is 6.67. The molecular formula is C20H22ClNO4. The predicted octanol–water partition coefficient (Wildman–Crippen LogP) is 4.44.